The molecule has 162 valence electrons. The van der Waals surface area contributed by atoms with Gasteiger partial charge in [0.25, 0.3) is 0 Å². The number of nitrogens with zero attached hydrogens (tertiary/aromatic N) is 3. The van der Waals surface area contributed by atoms with E-state index in [2.05, 4.69) is 20.8 Å². The van der Waals surface area contributed by atoms with Gasteiger partial charge < -0.3 is 15.2 Å². The van der Waals surface area contributed by atoms with Crippen molar-refractivity contribution in [3.8, 4) is 0 Å². The molecule has 0 aliphatic carbocycles. The van der Waals surface area contributed by atoms with Crippen LogP contribution in [0.25, 0.3) is 0 Å². The van der Waals surface area contributed by atoms with E-state index in [0.717, 1.165) is 11.8 Å². The third kappa shape index (κ3) is 6.15. The van der Waals surface area contributed by atoms with Crippen molar-refractivity contribution in [2.24, 2.45) is 7.05 Å². The van der Waals surface area contributed by atoms with E-state index in [1.54, 1.807) is 54.1 Å². The number of anilines is 2. The molecule has 3 aromatic rings. The summed E-state index contributed by atoms with van der Waals surface area (Å²) >= 11 is 1.15. The topological polar surface area (TPSA) is 123 Å². The van der Waals surface area contributed by atoms with Crippen LogP contribution in [0.1, 0.15) is 12.7 Å². The maximum atomic E-state index is 12.5. The number of nitrogens with one attached hydrogen (secondary N) is 2. The second kappa shape index (κ2) is 9.75. The van der Waals surface area contributed by atoms with Crippen molar-refractivity contribution in [2.45, 2.75) is 22.7 Å². The predicted molar refractivity (Wildman–Crippen MR) is 118 cm³/mol. The number of hydrogen-bond acceptors (Lipinski definition) is 7. The number of hydrogen-bond donors (Lipinski definition) is 2. The summed E-state index contributed by atoms with van der Waals surface area (Å²) in [5.41, 5.74) is 1.23. The van der Waals surface area contributed by atoms with E-state index in [-0.39, 0.29) is 28.2 Å². The number of carbonyl (C=O) groups excluding carboxylic acids is 2. The van der Waals surface area contributed by atoms with Crippen LogP contribution < -0.4 is 10.6 Å². The minimum atomic E-state index is -3.54. The van der Waals surface area contributed by atoms with E-state index in [9.17, 15) is 18.0 Å². The van der Waals surface area contributed by atoms with Crippen LogP contribution >= 0.6 is 11.8 Å². The van der Waals surface area contributed by atoms with Crippen molar-refractivity contribution in [3.05, 3.63) is 60.4 Å². The molecule has 3 rings (SSSR count). The number of rotatable bonds is 8. The molecule has 1 heterocycles. The Labute approximate surface area is 184 Å². The van der Waals surface area contributed by atoms with Gasteiger partial charge in [-0.25, -0.2) is 8.42 Å². The molecular formula is C20H21N5O4S2. The molecule has 0 unspecified atom stereocenters. The summed E-state index contributed by atoms with van der Waals surface area (Å²) in [5.74, 6) is -0.342. The molecule has 0 atom stereocenters. The summed E-state index contributed by atoms with van der Waals surface area (Å²) in [5, 5.41) is 13.8. The van der Waals surface area contributed by atoms with Crippen LogP contribution in [0.5, 0.6) is 0 Å². The number of carbonyl (C=O) groups is 2. The summed E-state index contributed by atoms with van der Waals surface area (Å²) in [7, 11) is -1.88. The maximum absolute atomic E-state index is 12.5. The molecule has 0 saturated carbocycles. The fourth-order valence-corrected chi connectivity index (χ4v) is 4.70. The zero-order valence-corrected chi connectivity index (χ0v) is 18.5. The SMILES string of the molecule is CC(=O)Nc1ccc(NC(=O)CSc2nnc(CS(=O)(=O)c3ccccc3)n2C)cc1. The van der Waals surface area contributed by atoms with Crippen molar-refractivity contribution < 1.29 is 18.0 Å². The molecule has 0 bridgehead atoms. The molecule has 2 aromatic carbocycles. The fraction of sp³-hybridized carbons (Fsp3) is 0.200. The monoisotopic (exact) mass is 459 g/mol. The highest BCUT2D eigenvalue weighted by Crippen LogP contribution is 2.20. The fourth-order valence-electron chi connectivity index (χ4n) is 2.64. The van der Waals surface area contributed by atoms with Crippen LogP contribution in [-0.4, -0.2) is 40.7 Å². The minimum absolute atomic E-state index is 0.0743. The zero-order valence-electron chi connectivity index (χ0n) is 16.9. The highest BCUT2D eigenvalue weighted by atomic mass is 32.2. The highest BCUT2D eigenvalue weighted by molar-refractivity contribution is 7.99. The van der Waals surface area contributed by atoms with Gasteiger partial charge >= 0.3 is 0 Å². The van der Waals surface area contributed by atoms with Gasteiger partial charge in [-0.15, -0.1) is 10.2 Å². The third-order valence-corrected chi connectivity index (χ3v) is 6.82. The van der Waals surface area contributed by atoms with Gasteiger partial charge in [0.2, 0.25) is 11.8 Å². The Balaban J connectivity index is 1.57. The van der Waals surface area contributed by atoms with E-state index in [4.69, 9.17) is 0 Å². The molecule has 0 radical (unpaired) electrons. The maximum Gasteiger partial charge on any atom is 0.234 e. The lowest BCUT2D eigenvalue weighted by Crippen LogP contribution is -2.15. The lowest BCUT2D eigenvalue weighted by Gasteiger charge is -2.07. The third-order valence-electron chi connectivity index (χ3n) is 4.17. The second-order valence-electron chi connectivity index (χ2n) is 6.63. The Morgan fingerprint density at radius 3 is 2.19 bits per heavy atom. The van der Waals surface area contributed by atoms with Crippen LogP contribution in [0, 0.1) is 0 Å². The Bertz CT molecular complexity index is 1180. The van der Waals surface area contributed by atoms with Gasteiger partial charge in [-0.2, -0.15) is 0 Å². The lowest BCUT2D eigenvalue weighted by atomic mass is 10.3. The first-order valence-electron chi connectivity index (χ1n) is 9.21. The van der Waals surface area contributed by atoms with Gasteiger partial charge in [-0.3, -0.25) is 9.59 Å². The zero-order chi connectivity index (χ0) is 22.4. The molecule has 1 aromatic heterocycles. The van der Waals surface area contributed by atoms with Gasteiger partial charge in [-0.05, 0) is 36.4 Å². The van der Waals surface area contributed by atoms with E-state index in [1.165, 1.54) is 19.1 Å². The lowest BCUT2D eigenvalue weighted by molar-refractivity contribution is -0.114. The van der Waals surface area contributed by atoms with Crippen LogP contribution in [0.2, 0.25) is 0 Å². The molecule has 0 saturated heterocycles. The van der Waals surface area contributed by atoms with Gasteiger partial charge in [0, 0.05) is 25.3 Å². The number of amides is 2. The van der Waals surface area contributed by atoms with Crippen LogP contribution in [0.4, 0.5) is 11.4 Å². The van der Waals surface area contributed by atoms with Crippen LogP contribution in [0.15, 0.2) is 64.6 Å². The first-order valence-corrected chi connectivity index (χ1v) is 11.8. The molecule has 2 amide bonds. The molecule has 9 nitrogen and oxygen atoms in total. The summed E-state index contributed by atoms with van der Waals surface area (Å²) < 4.78 is 26.7. The average molecular weight is 460 g/mol. The summed E-state index contributed by atoms with van der Waals surface area (Å²) in [4.78, 5) is 23.5. The number of thioether (sulfide) groups is 1. The van der Waals surface area contributed by atoms with Gasteiger partial charge in [-0.1, -0.05) is 30.0 Å². The Morgan fingerprint density at radius 2 is 1.58 bits per heavy atom. The van der Waals surface area contributed by atoms with Crippen molar-refractivity contribution in [1.29, 1.82) is 0 Å². The predicted octanol–water partition coefficient (Wildman–Crippen LogP) is 2.48. The van der Waals surface area contributed by atoms with Crippen molar-refractivity contribution >= 4 is 44.8 Å². The second-order valence-corrected chi connectivity index (χ2v) is 9.56. The first-order chi connectivity index (χ1) is 14.7. The van der Waals surface area contributed by atoms with Crippen LogP contribution in [0.3, 0.4) is 0 Å². The average Bonchev–Trinajstić information content (AvgIpc) is 3.07. The van der Waals surface area contributed by atoms with Crippen LogP contribution in [-0.2, 0) is 32.2 Å². The summed E-state index contributed by atoms with van der Waals surface area (Å²) in [6, 6.07) is 14.9. The molecule has 0 aliphatic rings. The smallest absolute Gasteiger partial charge is 0.234 e. The quantitative estimate of drug-likeness (QED) is 0.496. The van der Waals surface area contributed by atoms with Crippen molar-refractivity contribution in [1.82, 2.24) is 14.8 Å². The van der Waals surface area contributed by atoms with E-state index in [0.29, 0.717) is 22.4 Å². The highest BCUT2D eigenvalue weighted by Gasteiger charge is 2.20. The van der Waals surface area contributed by atoms with E-state index < -0.39 is 9.84 Å². The van der Waals surface area contributed by atoms with Gasteiger partial charge in [0.15, 0.2) is 15.0 Å². The van der Waals surface area contributed by atoms with E-state index in [1.807, 2.05) is 0 Å². The largest absolute Gasteiger partial charge is 0.326 e. The number of aromatic nitrogens is 3. The summed E-state index contributed by atoms with van der Waals surface area (Å²) in [6.07, 6.45) is 0. The molecule has 31 heavy (non-hydrogen) atoms. The standard InChI is InChI=1S/C20H21N5O4S2/c1-14(26)21-15-8-10-16(11-9-15)22-19(27)12-30-20-24-23-18(25(20)2)13-31(28,29)17-6-4-3-5-7-17/h3-11H,12-13H2,1-2H3,(H,21,26)(H,22,27). The Morgan fingerprint density at radius 1 is 0.968 bits per heavy atom. The van der Waals surface area contributed by atoms with E-state index >= 15 is 0 Å². The Hall–Kier alpha value is -3.18. The molecule has 11 heteroatoms. The molecule has 2 N–H and O–H groups in total. The van der Waals surface area contributed by atoms with Crippen molar-refractivity contribution in [3.63, 3.8) is 0 Å². The number of benzene rings is 2. The summed E-state index contributed by atoms with van der Waals surface area (Å²) in [6.45, 7) is 1.42. The molecular weight excluding hydrogens is 438 g/mol. The minimum Gasteiger partial charge on any atom is -0.326 e. The van der Waals surface area contributed by atoms with Gasteiger partial charge in [0.1, 0.15) is 11.6 Å². The van der Waals surface area contributed by atoms with Gasteiger partial charge in [0.05, 0.1) is 10.6 Å². The number of sulfone groups is 1. The molecule has 0 fully saturated rings. The Kier molecular flexibility index (Phi) is 7.08. The normalized spacial score (nSPS) is 11.2. The molecule has 0 aliphatic heterocycles. The first kappa shape index (κ1) is 22.5. The molecule has 0 spiro atoms. The van der Waals surface area contributed by atoms with Crippen molar-refractivity contribution in [2.75, 3.05) is 16.4 Å².